The van der Waals surface area contributed by atoms with Gasteiger partial charge >= 0.3 is 0 Å². The van der Waals surface area contributed by atoms with Crippen LogP contribution in [0.2, 0.25) is 0 Å². The summed E-state index contributed by atoms with van der Waals surface area (Å²) in [4.78, 5) is 6.33. The lowest BCUT2D eigenvalue weighted by molar-refractivity contribution is 1.21. The van der Waals surface area contributed by atoms with E-state index in [0.29, 0.717) is 5.96 Å². The lowest BCUT2D eigenvalue weighted by Crippen LogP contribution is -2.33. The van der Waals surface area contributed by atoms with Crippen LogP contribution in [0.5, 0.6) is 0 Å². The van der Waals surface area contributed by atoms with Crippen LogP contribution in [0.25, 0.3) is 0 Å². The fourth-order valence-electron chi connectivity index (χ4n) is 1.87. The molecule has 0 amide bonds. The molecule has 0 aliphatic carbocycles. The van der Waals surface area contributed by atoms with Crippen LogP contribution < -0.4 is 10.6 Å². The molecule has 0 spiro atoms. The standard InChI is InChI=1S/C16H19N3/c1-12-6-4-8-14(10-12)18-16(17)19(3)15-9-5-7-13(2)11-15/h4-11H,1-3H3,(H2,17,18). The Balaban J connectivity index is 2.26. The number of aryl methyl sites for hydroxylation is 2. The van der Waals surface area contributed by atoms with Gasteiger partial charge in [-0.2, -0.15) is 0 Å². The van der Waals surface area contributed by atoms with Gasteiger partial charge in [-0.1, -0.05) is 24.3 Å². The second-order valence-corrected chi connectivity index (χ2v) is 4.71. The molecule has 3 heteroatoms. The second kappa shape index (κ2) is 5.57. The van der Waals surface area contributed by atoms with Gasteiger partial charge in [-0.3, -0.25) is 0 Å². The van der Waals surface area contributed by atoms with Crippen LogP contribution in [0, 0.1) is 13.8 Å². The van der Waals surface area contributed by atoms with E-state index in [1.165, 1.54) is 11.1 Å². The van der Waals surface area contributed by atoms with Gasteiger partial charge in [0.2, 0.25) is 5.96 Å². The second-order valence-electron chi connectivity index (χ2n) is 4.71. The first-order chi connectivity index (χ1) is 9.06. The highest BCUT2D eigenvalue weighted by Crippen LogP contribution is 2.17. The minimum absolute atomic E-state index is 0.483. The molecule has 0 aromatic heterocycles. The van der Waals surface area contributed by atoms with E-state index in [1.807, 2.05) is 55.3 Å². The Morgan fingerprint density at radius 2 is 1.63 bits per heavy atom. The summed E-state index contributed by atoms with van der Waals surface area (Å²) in [6.07, 6.45) is 0. The summed E-state index contributed by atoms with van der Waals surface area (Å²) in [5.41, 5.74) is 10.3. The van der Waals surface area contributed by atoms with Crippen molar-refractivity contribution in [3.63, 3.8) is 0 Å². The Labute approximate surface area is 114 Å². The molecule has 0 saturated carbocycles. The maximum Gasteiger partial charge on any atom is 0.200 e. The van der Waals surface area contributed by atoms with Crippen molar-refractivity contribution in [1.29, 1.82) is 0 Å². The molecule has 2 rings (SSSR count). The molecule has 0 heterocycles. The molecule has 0 aliphatic heterocycles. The fourth-order valence-corrected chi connectivity index (χ4v) is 1.87. The van der Waals surface area contributed by atoms with Gasteiger partial charge in [0.05, 0.1) is 5.69 Å². The maximum absolute atomic E-state index is 6.06. The predicted molar refractivity (Wildman–Crippen MR) is 82.0 cm³/mol. The number of hydrogen-bond acceptors (Lipinski definition) is 1. The van der Waals surface area contributed by atoms with Gasteiger partial charge in [0.1, 0.15) is 0 Å². The fraction of sp³-hybridized carbons (Fsp3) is 0.188. The largest absolute Gasteiger partial charge is 0.369 e. The Kier molecular flexibility index (Phi) is 3.85. The van der Waals surface area contributed by atoms with Crippen molar-refractivity contribution in [2.24, 2.45) is 10.7 Å². The number of nitrogens with two attached hydrogens (primary N) is 1. The van der Waals surface area contributed by atoms with Crippen molar-refractivity contribution in [1.82, 2.24) is 0 Å². The van der Waals surface area contributed by atoms with Crippen LogP contribution in [-0.4, -0.2) is 13.0 Å². The molecule has 0 bridgehead atoms. The summed E-state index contributed by atoms with van der Waals surface area (Å²) >= 11 is 0. The molecule has 19 heavy (non-hydrogen) atoms. The zero-order valence-corrected chi connectivity index (χ0v) is 11.6. The average molecular weight is 253 g/mol. The highest BCUT2D eigenvalue weighted by Gasteiger charge is 2.05. The van der Waals surface area contributed by atoms with Crippen LogP contribution in [0.4, 0.5) is 11.4 Å². The first kappa shape index (κ1) is 13.1. The van der Waals surface area contributed by atoms with Gasteiger partial charge in [0.15, 0.2) is 0 Å². The Morgan fingerprint density at radius 3 is 2.26 bits per heavy atom. The van der Waals surface area contributed by atoms with Crippen LogP contribution in [0.15, 0.2) is 53.5 Å². The third kappa shape index (κ3) is 3.35. The van der Waals surface area contributed by atoms with Crippen molar-refractivity contribution < 1.29 is 0 Å². The van der Waals surface area contributed by atoms with Crippen LogP contribution >= 0.6 is 0 Å². The number of anilines is 1. The Bertz CT molecular complexity index is 602. The van der Waals surface area contributed by atoms with Crippen molar-refractivity contribution in [2.45, 2.75) is 13.8 Å². The SMILES string of the molecule is Cc1cccc(N=C(N)N(C)c2cccc(C)c2)c1. The molecule has 98 valence electrons. The van der Waals surface area contributed by atoms with E-state index in [2.05, 4.69) is 24.0 Å². The smallest absolute Gasteiger partial charge is 0.200 e. The lowest BCUT2D eigenvalue weighted by atomic mass is 10.2. The van der Waals surface area contributed by atoms with E-state index < -0.39 is 0 Å². The summed E-state index contributed by atoms with van der Waals surface area (Å²) in [7, 11) is 1.92. The Hall–Kier alpha value is -2.29. The van der Waals surface area contributed by atoms with Crippen molar-refractivity contribution in [3.05, 3.63) is 59.7 Å². The number of aliphatic imine (C=N–C) groups is 1. The molecular formula is C16H19N3. The number of hydrogen-bond donors (Lipinski definition) is 1. The minimum Gasteiger partial charge on any atom is -0.369 e. The highest BCUT2D eigenvalue weighted by atomic mass is 15.2. The van der Waals surface area contributed by atoms with Crippen LogP contribution in [0.1, 0.15) is 11.1 Å². The first-order valence-electron chi connectivity index (χ1n) is 6.27. The molecule has 0 atom stereocenters. The van der Waals surface area contributed by atoms with E-state index in [-0.39, 0.29) is 0 Å². The quantitative estimate of drug-likeness (QED) is 0.658. The summed E-state index contributed by atoms with van der Waals surface area (Å²) in [6.45, 7) is 4.10. The molecule has 0 aliphatic rings. The molecule has 0 saturated heterocycles. The first-order valence-corrected chi connectivity index (χ1v) is 6.27. The molecule has 2 aromatic carbocycles. The minimum atomic E-state index is 0.483. The van der Waals surface area contributed by atoms with Crippen LogP contribution in [-0.2, 0) is 0 Å². The number of rotatable bonds is 2. The summed E-state index contributed by atoms with van der Waals surface area (Å²) in [5, 5.41) is 0. The molecule has 0 radical (unpaired) electrons. The lowest BCUT2D eigenvalue weighted by Gasteiger charge is -2.18. The third-order valence-electron chi connectivity index (χ3n) is 2.98. The van der Waals surface area contributed by atoms with Crippen molar-refractivity contribution in [3.8, 4) is 0 Å². The predicted octanol–water partition coefficient (Wildman–Crippen LogP) is 3.39. The van der Waals surface area contributed by atoms with Gasteiger partial charge in [0, 0.05) is 12.7 Å². The summed E-state index contributed by atoms with van der Waals surface area (Å²) < 4.78 is 0. The van der Waals surface area contributed by atoms with Gasteiger partial charge in [-0.25, -0.2) is 4.99 Å². The van der Waals surface area contributed by atoms with Gasteiger partial charge in [0.25, 0.3) is 0 Å². The van der Waals surface area contributed by atoms with E-state index in [0.717, 1.165) is 11.4 Å². The van der Waals surface area contributed by atoms with E-state index in [1.54, 1.807) is 0 Å². The van der Waals surface area contributed by atoms with Gasteiger partial charge < -0.3 is 10.6 Å². The Morgan fingerprint density at radius 1 is 1.00 bits per heavy atom. The molecule has 0 unspecified atom stereocenters. The topological polar surface area (TPSA) is 41.6 Å². The van der Waals surface area contributed by atoms with Crippen molar-refractivity contribution in [2.75, 3.05) is 11.9 Å². The molecule has 3 nitrogen and oxygen atoms in total. The molecule has 2 aromatic rings. The zero-order valence-electron chi connectivity index (χ0n) is 11.6. The van der Waals surface area contributed by atoms with Gasteiger partial charge in [-0.15, -0.1) is 0 Å². The monoisotopic (exact) mass is 253 g/mol. The molecule has 2 N–H and O–H groups in total. The van der Waals surface area contributed by atoms with Crippen LogP contribution in [0.3, 0.4) is 0 Å². The number of guanidine groups is 1. The van der Waals surface area contributed by atoms with E-state index in [4.69, 9.17) is 5.73 Å². The third-order valence-corrected chi connectivity index (χ3v) is 2.98. The average Bonchev–Trinajstić information content (AvgIpc) is 2.38. The van der Waals surface area contributed by atoms with E-state index in [9.17, 15) is 0 Å². The zero-order chi connectivity index (χ0) is 13.8. The number of nitrogens with zero attached hydrogens (tertiary/aromatic N) is 2. The van der Waals surface area contributed by atoms with Gasteiger partial charge in [-0.05, 0) is 49.2 Å². The molecule has 0 fully saturated rings. The summed E-state index contributed by atoms with van der Waals surface area (Å²) in [5.74, 6) is 0.483. The summed E-state index contributed by atoms with van der Waals surface area (Å²) in [6, 6.07) is 16.2. The normalized spacial score (nSPS) is 11.4. The van der Waals surface area contributed by atoms with E-state index >= 15 is 0 Å². The maximum atomic E-state index is 6.06. The highest BCUT2D eigenvalue weighted by molar-refractivity contribution is 5.95. The number of benzene rings is 2. The molecular weight excluding hydrogens is 234 g/mol. The van der Waals surface area contributed by atoms with Crippen molar-refractivity contribution >= 4 is 17.3 Å².